The lowest BCUT2D eigenvalue weighted by Gasteiger charge is -2.09. The van der Waals surface area contributed by atoms with Gasteiger partial charge in [0.15, 0.2) is 5.82 Å². The van der Waals surface area contributed by atoms with Crippen molar-refractivity contribution < 1.29 is 17.6 Å². The largest absolute Gasteiger partial charge is 0.433 e. The van der Waals surface area contributed by atoms with Crippen LogP contribution >= 0.6 is 23.4 Å². The van der Waals surface area contributed by atoms with Gasteiger partial charge in [-0.2, -0.15) is 13.2 Å². The van der Waals surface area contributed by atoms with E-state index in [0.717, 1.165) is 17.8 Å². The van der Waals surface area contributed by atoms with Crippen molar-refractivity contribution in [2.45, 2.75) is 16.4 Å². The third-order valence-corrected chi connectivity index (χ3v) is 4.59. The minimum Gasteiger partial charge on any atom is -0.411 e. The Morgan fingerprint density at radius 2 is 1.72 bits per heavy atom. The standard InChI is InChI=1S/C18H9ClF3N5OS/c19-12-3-1-2-11(8-12)16-26-27-17(28-16)29-14-9-13(18(20,21)22)24-15(25-14)10-4-6-23-7-5-10/h1-9H. The summed E-state index contributed by atoms with van der Waals surface area (Å²) in [6, 6.07) is 10.6. The van der Waals surface area contributed by atoms with Gasteiger partial charge in [0.2, 0.25) is 5.89 Å². The maximum Gasteiger partial charge on any atom is 0.433 e. The molecule has 0 atom stereocenters. The van der Waals surface area contributed by atoms with Crippen molar-refractivity contribution in [2.24, 2.45) is 0 Å². The summed E-state index contributed by atoms with van der Waals surface area (Å²) < 4.78 is 45.4. The van der Waals surface area contributed by atoms with Crippen molar-refractivity contribution in [2.75, 3.05) is 0 Å². The number of pyridine rings is 1. The van der Waals surface area contributed by atoms with Crippen LogP contribution in [0.25, 0.3) is 22.8 Å². The van der Waals surface area contributed by atoms with Crippen LogP contribution in [-0.4, -0.2) is 25.1 Å². The topological polar surface area (TPSA) is 77.6 Å². The van der Waals surface area contributed by atoms with Gasteiger partial charge in [-0.15, -0.1) is 10.2 Å². The zero-order chi connectivity index (χ0) is 20.4. The number of alkyl halides is 3. The molecule has 0 aliphatic heterocycles. The molecule has 4 rings (SSSR count). The van der Waals surface area contributed by atoms with E-state index in [1.165, 1.54) is 24.5 Å². The smallest absolute Gasteiger partial charge is 0.411 e. The maximum atomic E-state index is 13.3. The van der Waals surface area contributed by atoms with Gasteiger partial charge in [-0.3, -0.25) is 4.98 Å². The van der Waals surface area contributed by atoms with Crippen molar-refractivity contribution in [1.82, 2.24) is 25.1 Å². The van der Waals surface area contributed by atoms with Crippen molar-refractivity contribution in [3.05, 3.63) is 65.6 Å². The molecule has 0 saturated heterocycles. The number of hydrogen-bond donors (Lipinski definition) is 0. The highest BCUT2D eigenvalue weighted by Gasteiger charge is 2.34. The second-order valence-electron chi connectivity index (χ2n) is 5.63. The van der Waals surface area contributed by atoms with E-state index in [-0.39, 0.29) is 22.0 Å². The molecule has 6 nitrogen and oxygen atoms in total. The molecule has 0 saturated carbocycles. The number of nitrogens with zero attached hydrogens (tertiary/aromatic N) is 5. The molecule has 0 aliphatic rings. The monoisotopic (exact) mass is 435 g/mol. The first-order valence-electron chi connectivity index (χ1n) is 8.02. The highest BCUT2D eigenvalue weighted by Crippen LogP contribution is 2.34. The Bertz CT molecular complexity index is 1150. The van der Waals surface area contributed by atoms with Crippen LogP contribution in [0.3, 0.4) is 0 Å². The summed E-state index contributed by atoms with van der Waals surface area (Å²) >= 11 is 6.75. The van der Waals surface area contributed by atoms with Gasteiger partial charge in [-0.1, -0.05) is 17.7 Å². The molecular formula is C18H9ClF3N5OS. The summed E-state index contributed by atoms with van der Waals surface area (Å²) in [7, 11) is 0. The van der Waals surface area contributed by atoms with Crippen LogP contribution < -0.4 is 0 Å². The molecule has 3 heterocycles. The summed E-state index contributed by atoms with van der Waals surface area (Å²) in [5.41, 5.74) is -0.0810. The van der Waals surface area contributed by atoms with Crippen LogP contribution in [0.4, 0.5) is 13.2 Å². The molecule has 146 valence electrons. The molecule has 29 heavy (non-hydrogen) atoms. The lowest BCUT2D eigenvalue weighted by molar-refractivity contribution is -0.141. The van der Waals surface area contributed by atoms with E-state index in [2.05, 4.69) is 25.1 Å². The zero-order valence-corrected chi connectivity index (χ0v) is 15.8. The van der Waals surface area contributed by atoms with E-state index < -0.39 is 11.9 Å². The van der Waals surface area contributed by atoms with Gasteiger partial charge in [-0.25, -0.2) is 9.97 Å². The fourth-order valence-corrected chi connectivity index (χ4v) is 3.21. The Morgan fingerprint density at radius 1 is 0.931 bits per heavy atom. The summed E-state index contributed by atoms with van der Waals surface area (Å²) in [4.78, 5) is 11.6. The predicted molar refractivity (Wildman–Crippen MR) is 99.1 cm³/mol. The van der Waals surface area contributed by atoms with Gasteiger partial charge in [0, 0.05) is 34.6 Å². The SMILES string of the molecule is FC(F)(F)c1cc(Sc2nnc(-c3cccc(Cl)c3)o2)nc(-c2ccncc2)n1. The van der Waals surface area contributed by atoms with E-state index >= 15 is 0 Å². The Morgan fingerprint density at radius 3 is 2.45 bits per heavy atom. The number of halogens is 4. The second-order valence-corrected chi connectivity index (χ2v) is 7.04. The summed E-state index contributed by atoms with van der Waals surface area (Å²) in [6.45, 7) is 0. The van der Waals surface area contributed by atoms with Crippen molar-refractivity contribution >= 4 is 23.4 Å². The first-order chi connectivity index (χ1) is 13.9. The van der Waals surface area contributed by atoms with Gasteiger partial charge in [0.1, 0.15) is 10.7 Å². The Hall–Kier alpha value is -2.98. The molecule has 0 fully saturated rings. The maximum absolute atomic E-state index is 13.3. The Labute approximate surface area is 171 Å². The summed E-state index contributed by atoms with van der Waals surface area (Å²) in [6.07, 6.45) is -1.75. The van der Waals surface area contributed by atoms with E-state index in [1.807, 2.05) is 0 Å². The molecule has 0 unspecified atom stereocenters. The molecule has 0 radical (unpaired) electrons. The lowest BCUT2D eigenvalue weighted by Crippen LogP contribution is -2.10. The van der Waals surface area contributed by atoms with Crippen LogP contribution in [0, 0.1) is 0 Å². The fourth-order valence-electron chi connectivity index (χ4n) is 2.33. The van der Waals surface area contributed by atoms with Crippen molar-refractivity contribution in [3.63, 3.8) is 0 Å². The third kappa shape index (κ3) is 4.54. The van der Waals surface area contributed by atoms with Crippen molar-refractivity contribution in [1.29, 1.82) is 0 Å². The first-order valence-corrected chi connectivity index (χ1v) is 9.22. The summed E-state index contributed by atoms with van der Waals surface area (Å²) in [5, 5.41) is 8.31. The third-order valence-electron chi connectivity index (χ3n) is 3.60. The van der Waals surface area contributed by atoms with Crippen LogP contribution in [0.5, 0.6) is 0 Å². The van der Waals surface area contributed by atoms with Gasteiger partial charge in [0.25, 0.3) is 5.22 Å². The van der Waals surface area contributed by atoms with Crippen LogP contribution in [0.2, 0.25) is 5.02 Å². The van der Waals surface area contributed by atoms with Crippen LogP contribution in [-0.2, 0) is 6.18 Å². The van der Waals surface area contributed by atoms with Gasteiger partial charge < -0.3 is 4.42 Å². The number of hydrogen-bond acceptors (Lipinski definition) is 7. The van der Waals surface area contributed by atoms with E-state index in [1.54, 1.807) is 24.3 Å². The first kappa shape index (κ1) is 19.3. The van der Waals surface area contributed by atoms with Gasteiger partial charge in [0.05, 0.1) is 0 Å². The van der Waals surface area contributed by atoms with E-state index in [9.17, 15) is 13.2 Å². The zero-order valence-electron chi connectivity index (χ0n) is 14.3. The molecular weight excluding hydrogens is 427 g/mol. The highest BCUT2D eigenvalue weighted by molar-refractivity contribution is 7.99. The molecule has 3 aromatic heterocycles. The van der Waals surface area contributed by atoms with Gasteiger partial charge in [-0.05, 0) is 42.1 Å². The predicted octanol–water partition coefficient (Wildman–Crippen LogP) is 5.41. The molecule has 0 N–H and O–H groups in total. The molecule has 0 amide bonds. The quantitative estimate of drug-likeness (QED) is 0.396. The second kappa shape index (κ2) is 7.80. The Balaban J connectivity index is 1.68. The molecule has 11 heteroatoms. The van der Waals surface area contributed by atoms with E-state index in [4.69, 9.17) is 16.0 Å². The average molecular weight is 436 g/mol. The van der Waals surface area contributed by atoms with Crippen LogP contribution in [0.1, 0.15) is 5.69 Å². The Kier molecular flexibility index (Phi) is 5.20. The van der Waals surface area contributed by atoms with E-state index in [0.29, 0.717) is 16.1 Å². The number of rotatable bonds is 4. The molecule has 0 bridgehead atoms. The van der Waals surface area contributed by atoms with Crippen LogP contribution in [0.15, 0.2) is 69.5 Å². The van der Waals surface area contributed by atoms with Crippen molar-refractivity contribution in [3.8, 4) is 22.8 Å². The number of benzene rings is 1. The molecule has 4 aromatic rings. The minimum atomic E-state index is -4.64. The highest BCUT2D eigenvalue weighted by atomic mass is 35.5. The lowest BCUT2D eigenvalue weighted by atomic mass is 10.2. The average Bonchev–Trinajstić information content (AvgIpc) is 3.16. The minimum absolute atomic E-state index is 0.0143. The normalized spacial score (nSPS) is 11.6. The molecule has 0 aliphatic carbocycles. The number of aromatic nitrogens is 5. The van der Waals surface area contributed by atoms with Gasteiger partial charge >= 0.3 is 6.18 Å². The summed E-state index contributed by atoms with van der Waals surface area (Å²) in [5.74, 6) is 0.105. The fraction of sp³-hybridized carbons (Fsp3) is 0.0556. The molecule has 0 spiro atoms. The molecule has 1 aromatic carbocycles.